The second kappa shape index (κ2) is 7.64. The quantitative estimate of drug-likeness (QED) is 0.781. The first-order valence-electron chi connectivity index (χ1n) is 8.69. The SMILES string of the molecule is CCNC1CCCCCC1N1CCC(C(C)C)CC1. The smallest absolute Gasteiger partial charge is 0.0249 e. The van der Waals surface area contributed by atoms with Crippen LogP contribution in [0.2, 0.25) is 0 Å². The molecule has 2 nitrogen and oxygen atoms in total. The van der Waals surface area contributed by atoms with Crippen LogP contribution in [0.3, 0.4) is 0 Å². The van der Waals surface area contributed by atoms with Crippen LogP contribution in [-0.2, 0) is 0 Å². The summed E-state index contributed by atoms with van der Waals surface area (Å²) in [6, 6.07) is 1.57. The van der Waals surface area contributed by atoms with Crippen LogP contribution in [0.15, 0.2) is 0 Å². The lowest BCUT2D eigenvalue weighted by Gasteiger charge is -2.41. The third-order valence-corrected chi connectivity index (χ3v) is 5.43. The van der Waals surface area contributed by atoms with Gasteiger partial charge in [-0.2, -0.15) is 0 Å². The average Bonchev–Trinajstić information content (AvgIpc) is 2.65. The molecule has 0 aromatic rings. The second-order valence-corrected chi connectivity index (χ2v) is 6.99. The molecule has 2 unspecified atom stereocenters. The molecule has 112 valence electrons. The van der Waals surface area contributed by atoms with Crippen LogP contribution in [0.5, 0.6) is 0 Å². The predicted molar refractivity (Wildman–Crippen MR) is 83.5 cm³/mol. The van der Waals surface area contributed by atoms with Crippen molar-refractivity contribution < 1.29 is 0 Å². The lowest BCUT2D eigenvalue weighted by atomic mass is 9.85. The topological polar surface area (TPSA) is 15.3 Å². The third-order valence-electron chi connectivity index (χ3n) is 5.43. The number of rotatable bonds is 4. The monoisotopic (exact) mass is 266 g/mol. The molecular weight excluding hydrogens is 232 g/mol. The van der Waals surface area contributed by atoms with Gasteiger partial charge in [-0.25, -0.2) is 0 Å². The molecule has 1 aliphatic carbocycles. The van der Waals surface area contributed by atoms with Crippen LogP contribution < -0.4 is 5.32 Å². The Morgan fingerprint density at radius 1 is 1.00 bits per heavy atom. The molecule has 1 heterocycles. The standard InChI is InChI=1S/C17H34N2/c1-4-18-16-8-6-5-7-9-17(16)19-12-10-15(11-13-19)14(2)3/h14-18H,4-13H2,1-3H3. The fourth-order valence-corrected chi connectivity index (χ4v) is 4.14. The van der Waals surface area contributed by atoms with E-state index in [4.69, 9.17) is 0 Å². The molecule has 1 saturated heterocycles. The summed E-state index contributed by atoms with van der Waals surface area (Å²) >= 11 is 0. The molecule has 0 spiro atoms. The normalized spacial score (nSPS) is 31.6. The molecule has 1 aliphatic heterocycles. The van der Waals surface area contributed by atoms with E-state index in [0.29, 0.717) is 0 Å². The first kappa shape index (κ1) is 15.3. The Balaban J connectivity index is 1.91. The van der Waals surface area contributed by atoms with Gasteiger partial charge in [0.05, 0.1) is 0 Å². The van der Waals surface area contributed by atoms with Gasteiger partial charge >= 0.3 is 0 Å². The van der Waals surface area contributed by atoms with E-state index < -0.39 is 0 Å². The number of hydrogen-bond donors (Lipinski definition) is 1. The maximum Gasteiger partial charge on any atom is 0.0249 e. The number of nitrogens with one attached hydrogen (secondary N) is 1. The van der Waals surface area contributed by atoms with Gasteiger partial charge in [0.2, 0.25) is 0 Å². The molecule has 2 heteroatoms. The summed E-state index contributed by atoms with van der Waals surface area (Å²) in [6.45, 7) is 10.9. The Labute approximate surface area is 120 Å². The molecule has 0 radical (unpaired) electrons. The molecule has 1 saturated carbocycles. The highest BCUT2D eigenvalue weighted by molar-refractivity contribution is 4.89. The third kappa shape index (κ3) is 4.19. The van der Waals surface area contributed by atoms with Gasteiger partial charge in [-0.1, -0.05) is 40.0 Å². The minimum atomic E-state index is 0.753. The van der Waals surface area contributed by atoms with Gasteiger partial charge in [-0.15, -0.1) is 0 Å². The summed E-state index contributed by atoms with van der Waals surface area (Å²) in [6.07, 6.45) is 9.97. The summed E-state index contributed by atoms with van der Waals surface area (Å²) in [5, 5.41) is 3.76. The molecule has 2 aliphatic rings. The fourth-order valence-electron chi connectivity index (χ4n) is 4.14. The van der Waals surface area contributed by atoms with Gasteiger partial charge in [0.1, 0.15) is 0 Å². The summed E-state index contributed by atoms with van der Waals surface area (Å²) in [5.41, 5.74) is 0. The lowest BCUT2D eigenvalue weighted by molar-refractivity contribution is 0.0888. The first-order chi connectivity index (χ1) is 9.22. The number of piperidine rings is 1. The van der Waals surface area contributed by atoms with Crippen molar-refractivity contribution in [3.8, 4) is 0 Å². The molecule has 0 amide bonds. The maximum atomic E-state index is 3.76. The van der Waals surface area contributed by atoms with E-state index in [1.54, 1.807) is 0 Å². The highest BCUT2D eigenvalue weighted by Gasteiger charge is 2.31. The van der Waals surface area contributed by atoms with E-state index in [1.165, 1.54) is 58.0 Å². The van der Waals surface area contributed by atoms with E-state index in [-0.39, 0.29) is 0 Å². The van der Waals surface area contributed by atoms with E-state index in [9.17, 15) is 0 Å². The summed E-state index contributed by atoms with van der Waals surface area (Å²) in [4.78, 5) is 2.82. The fraction of sp³-hybridized carbons (Fsp3) is 1.00. The zero-order valence-corrected chi connectivity index (χ0v) is 13.3. The Morgan fingerprint density at radius 2 is 1.68 bits per heavy atom. The van der Waals surface area contributed by atoms with Crippen molar-refractivity contribution in [2.75, 3.05) is 19.6 Å². The molecule has 19 heavy (non-hydrogen) atoms. The van der Waals surface area contributed by atoms with Crippen LogP contribution in [0.4, 0.5) is 0 Å². The molecule has 2 fully saturated rings. The van der Waals surface area contributed by atoms with Crippen LogP contribution in [-0.4, -0.2) is 36.6 Å². The van der Waals surface area contributed by atoms with Gasteiger partial charge in [-0.3, -0.25) is 4.90 Å². The van der Waals surface area contributed by atoms with Crippen LogP contribution in [0, 0.1) is 11.8 Å². The van der Waals surface area contributed by atoms with Gasteiger partial charge in [0.15, 0.2) is 0 Å². The number of nitrogens with zero attached hydrogens (tertiary/aromatic N) is 1. The van der Waals surface area contributed by atoms with Crippen molar-refractivity contribution >= 4 is 0 Å². The predicted octanol–water partition coefficient (Wildman–Crippen LogP) is 3.67. The minimum Gasteiger partial charge on any atom is -0.313 e. The molecule has 0 aromatic heterocycles. The second-order valence-electron chi connectivity index (χ2n) is 6.99. The van der Waals surface area contributed by atoms with Crippen molar-refractivity contribution in [2.24, 2.45) is 11.8 Å². The molecule has 2 atom stereocenters. The molecular formula is C17H34N2. The van der Waals surface area contributed by atoms with Crippen molar-refractivity contribution in [3.63, 3.8) is 0 Å². The highest BCUT2D eigenvalue weighted by atomic mass is 15.2. The van der Waals surface area contributed by atoms with Crippen molar-refractivity contribution in [2.45, 2.75) is 77.8 Å². The number of likely N-dealkylation sites (N-methyl/N-ethyl adjacent to an activating group) is 1. The molecule has 2 rings (SSSR count). The summed E-state index contributed by atoms with van der Waals surface area (Å²) in [5.74, 6) is 1.85. The van der Waals surface area contributed by atoms with E-state index >= 15 is 0 Å². The van der Waals surface area contributed by atoms with E-state index in [1.807, 2.05) is 0 Å². The summed E-state index contributed by atoms with van der Waals surface area (Å²) < 4.78 is 0. The van der Waals surface area contributed by atoms with Crippen molar-refractivity contribution in [3.05, 3.63) is 0 Å². The van der Waals surface area contributed by atoms with Crippen LogP contribution >= 0.6 is 0 Å². The van der Waals surface area contributed by atoms with Gasteiger partial charge in [0, 0.05) is 12.1 Å². The number of likely N-dealkylation sites (tertiary alicyclic amines) is 1. The van der Waals surface area contributed by atoms with Crippen LogP contribution in [0.25, 0.3) is 0 Å². The first-order valence-corrected chi connectivity index (χ1v) is 8.69. The van der Waals surface area contributed by atoms with E-state index in [2.05, 4.69) is 31.0 Å². The molecule has 0 aromatic carbocycles. The lowest BCUT2D eigenvalue weighted by Crippen LogP contribution is -2.52. The Bertz CT molecular complexity index is 244. The largest absolute Gasteiger partial charge is 0.313 e. The van der Waals surface area contributed by atoms with Gasteiger partial charge in [-0.05, 0) is 57.2 Å². The van der Waals surface area contributed by atoms with Crippen LogP contribution in [0.1, 0.15) is 65.7 Å². The van der Waals surface area contributed by atoms with Crippen molar-refractivity contribution in [1.82, 2.24) is 10.2 Å². The zero-order valence-electron chi connectivity index (χ0n) is 13.3. The van der Waals surface area contributed by atoms with Gasteiger partial charge in [0.25, 0.3) is 0 Å². The summed E-state index contributed by atoms with van der Waals surface area (Å²) in [7, 11) is 0. The highest BCUT2D eigenvalue weighted by Crippen LogP contribution is 2.29. The minimum absolute atomic E-state index is 0.753. The average molecular weight is 266 g/mol. The Morgan fingerprint density at radius 3 is 2.32 bits per heavy atom. The van der Waals surface area contributed by atoms with E-state index in [0.717, 1.165) is 30.5 Å². The molecule has 1 N–H and O–H groups in total. The van der Waals surface area contributed by atoms with Gasteiger partial charge < -0.3 is 5.32 Å². The van der Waals surface area contributed by atoms with Crippen molar-refractivity contribution in [1.29, 1.82) is 0 Å². The molecule has 0 bridgehead atoms. The number of hydrogen-bond acceptors (Lipinski definition) is 2. The Kier molecular flexibility index (Phi) is 6.15. The maximum absolute atomic E-state index is 3.76. The Hall–Kier alpha value is -0.0800. The zero-order chi connectivity index (χ0) is 13.7.